The molecule has 1 unspecified atom stereocenters. The lowest BCUT2D eigenvalue weighted by atomic mass is 10.2. The third-order valence-electron chi connectivity index (χ3n) is 5.44. The van der Waals surface area contributed by atoms with Crippen molar-refractivity contribution in [3.63, 3.8) is 0 Å². The topological polar surface area (TPSA) is 114 Å². The third kappa shape index (κ3) is 5.07. The van der Waals surface area contributed by atoms with E-state index in [1.165, 1.54) is 24.5 Å². The van der Waals surface area contributed by atoms with Gasteiger partial charge in [0.2, 0.25) is 0 Å². The molecule has 0 bridgehead atoms. The molecule has 1 saturated heterocycles. The minimum Gasteiger partial charge on any atom is -0.383 e. The van der Waals surface area contributed by atoms with Crippen molar-refractivity contribution in [2.75, 3.05) is 17.5 Å². The van der Waals surface area contributed by atoms with Crippen LogP contribution < -0.4 is 16.4 Å². The summed E-state index contributed by atoms with van der Waals surface area (Å²) in [7, 11) is -3.99. The fraction of sp³-hybridized carbons (Fsp3) is 0.273. The monoisotopic (exact) mass is 616 g/mol. The Morgan fingerprint density at radius 1 is 1.41 bits per heavy atom. The van der Waals surface area contributed by atoms with E-state index >= 15 is 0 Å². The SMILES string of the molecule is Cc1ccc(S(=O)(=O)n2cc(/C(N)=N/C(NC3CCNC3)=C(/F)CI)c3cc(Cl)cnc32)cc1. The van der Waals surface area contributed by atoms with E-state index < -0.39 is 15.9 Å². The predicted octanol–water partition coefficient (Wildman–Crippen LogP) is 3.47. The average molecular weight is 617 g/mol. The van der Waals surface area contributed by atoms with Crippen LogP contribution in [0.4, 0.5) is 4.39 Å². The summed E-state index contributed by atoms with van der Waals surface area (Å²) >= 11 is 8.06. The van der Waals surface area contributed by atoms with Crippen molar-refractivity contribution < 1.29 is 12.8 Å². The van der Waals surface area contributed by atoms with Gasteiger partial charge in [-0.15, -0.1) is 0 Å². The number of halogens is 3. The Bertz CT molecular complexity index is 1380. The van der Waals surface area contributed by atoms with Crippen molar-refractivity contribution in [2.45, 2.75) is 24.3 Å². The Hall–Kier alpha value is -2.22. The quantitative estimate of drug-likeness (QED) is 0.162. The Labute approximate surface area is 215 Å². The number of hydrogen-bond donors (Lipinski definition) is 3. The number of hydrogen-bond acceptors (Lipinski definition) is 6. The lowest BCUT2D eigenvalue weighted by Gasteiger charge is -2.14. The molecule has 0 spiro atoms. The molecule has 0 radical (unpaired) electrons. The van der Waals surface area contributed by atoms with Gasteiger partial charge in [0.1, 0.15) is 5.84 Å². The average Bonchev–Trinajstić information content (AvgIpc) is 3.46. The molecule has 0 aliphatic carbocycles. The zero-order valence-corrected chi connectivity index (χ0v) is 22.0. The van der Waals surface area contributed by atoms with Gasteiger partial charge in [0, 0.05) is 35.9 Å². The molecule has 180 valence electrons. The first-order chi connectivity index (χ1) is 16.2. The molecule has 8 nitrogen and oxygen atoms in total. The number of aryl methyl sites for hydroxylation is 1. The largest absolute Gasteiger partial charge is 0.383 e. The van der Waals surface area contributed by atoms with Crippen LogP contribution in [-0.4, -0.2) is 46.8 Å². The molecule has 1 aliphatic rings. The van der Waals surface area contributed by atoms with Crippen LogP contribution in [0.5, 0.6) is 0 Å². The van der Waals surface area contributed by atoms with Gasteiger partial charge < -0.3 is 16.4 Å². The first-order valence-corrected chi connectivity index (χ1v) is 13.8. The number of nitrogens with zero attached hydrogens (tertiary/aromatic N) is 3. The number of nitrogens with one attached hydrogen (secondary N) is 2. The van der Waals surface area contributed by atoms with Gasteiger partial charge in [-0.05, 0) is 38.1 Å². The summed E-state index contributed by atoms with van der Waals surface area (Å²) in [5.74, 6) is -0.485. The zero-order valence-electron chi connectivity index (χ0n) is 18.2. The van der Waals surface area contributed by atoms with Crippen molar-refractivity contribution in [3.8, 4) is 0 Å². The number of benzene rings is 1. The van der Waals surface area contributed by atoms with E-state index in [9.17, 15) is 12.8 Å². The molecule has 1 atom stereocenters. The number of pyridine rings is 1. The predicted molar refractivity (Wildman–Crippen MR) is 141 cm³/mol. The lowest BCUT2D eigenvalue weighted by Crippen LogP contribution is -2.31. The summed E-state index contributed by atoms with van der Waals surface area (Å²) in [6.45, 7) is 3.38. The van der Waals surface area contributed by atoms with E-state index in [-0.39, 0.29) is 38.2 Å². The molecule has 1 aromatic carbocycles. The van der Waals surface area contributed by atoms with E-state index in [1.54, 1.807) is 18.2 Å². The highest BCUT2D eigenvalue weighted by Crippen LogP contribution is 2.27. The smallest absolute Gasteiger partial charge is 0.269 e. The minimum absolute atomic E-state index is 0.0135. The summed E-state index contributed by atoms with van der Waals surface area (Å²) in [6, 6.07) is 8.06. The van der Waals surface area contributed by atoms with Gasteiger partial charge in [-0.3, -0.25) is 0 Å². The van der Waals surface area contributed by atoms with Crippen molar-refractivity contribution in [2.24, 2.45) is 10.7 Å². The van der Waals surface area contributed by atoms with Crippen LogP contribution in [0.15, 0.2) is 64.3 Å². The summed E-state index contributed by atoms with van der Waals surface area (Å²) in [4.78, 5) is 8.65. The third-order valence-corrected chi connectivity index (χ3v) is 7.98. The summed E-state index contributed by atoms with van der Waals surface area (Å²) in [6.07, 6.45) is 3.53. The molecular weight excluding hydrogens is 594 g/mol. The second kappa shape index (κ2) is 10.2. The number of alkyl halides is 1. The number of aromatic nitrogens is 2. The van der Waals surface area contributed by atoms with Gasteiger partial charge in [-0.1, -0.05) is 51.9 Å². The van der Waals surface area contributed by atoms with E-state index in [0.717, 1.165) is 22.5 Å². The van der Waals surface area contributed by atoms with Crippen LogP contribution in [0.1, 0.15) is 17.5 Å². The molecule has 34 heavy (non-hydrogen) atoms. The van der Waals surface area contributed by atoms with Crippen LogP contribution in [0.25, 0.3) is 11.0 Å². The first kappa shape index (κ1) is 24.9. The molecule has 0 saturated carbocycles. The maximum absolute atomic E-state index is 14.6. The van der Waals surface area contributed by atoms with Gasteiger partial charge >= 0.3 is 0 Å². The summed E-state index contributed by atoms with van der Waals surface area (Å²) in [5.41, 5.74) is 7.66. The first-order valence-electron chi connectivity index (χ1n) is 10.5. The van der Waals surface area contributed by atoms with Crippen LogP contribution in [0, 0.1) is 6.92 Å². The van der Waals surface area contributed by atoms with Crippen LogP contribution >= 0.6 is 34.2 Å². The molecule has 0 amide bonds. The Morgan fingerprint density at radius 3 is 2.79 bits per heavy atom. The van der Waals surface area contributed by atoms with Gasteiger partial charge in [-0.25, -0.2) is 26.8 Å². The lowest BCUT2D eigenvalue weighted by molar-refractivity contribution is 0.560. The van der Waals surface area contributed by atoms with E-state index in [2.05, 4.69) is 20.6 Å². The van der Waals surface area contributed by atoms with Crippen molar-refractivity contribution in [1.82, 2.24) is 19.6 Å². The molecule has 3 aromatic rings. The maximum Gasteiger partial charge on any atom is 0.269 e. The second-order valence-electron chi connectivity index (χ2n) is 7.90. The van der Waals surface area contributed by atoms with Crippen molar-refractivity contribution >= 4 is 61.1 Å². The molecule has 2 aromatic heterocycles. The number of aliphatic imine (C=N–C) groups is 1. The van der Waals surface area contributed by atoms with Gasteiger partial charge in [0.25, 0.3) is 10.0 Å². The van der Waals surface area contributed by atoms with Gasteiger partial charge in [0.05, 0.1) is 14.3 Å². The van der Waals surface area contributed by atoms with Gasteiger partial charge in [-0.2, -0.15) is 0 Å². The number of allylic oxidation sites excluding steroid dienone is 1. The fourth-order valence-electron chi connectivity index (χ4n) is 3.65. The highest BCUT2D eigenvalue weighted by atomic mass is 127. The van der Waals surface area contributed by atoms with Crippen molar-refractivity contribution in [1.29, 1.82) is 0 Å². The highest BCUT2D eigenvalue weighted by molar-refractivity contribution is 14.1. The molecular formula is C22H23ClFIN6O2S. The minimum atomic E-state index is -3.99. The Morgan fingerprint density at radius 2 is 2.15 bits per heavy atom. The maximum atomic E-state index is 14.6. The molecule has 4 N–H and O–H groups in total. The van der Waals surface area contributed by atoms with E-state index in [4.69, 9.17) is 17.3 Å². The number of rotatable bonds is 7. The zero-order chi connectivity index (χ0) is 24.5. The standard InChI is InChI=1S/C22H23ClFIN6O2S/c1-13-2-4-16(5-3-13)34(32,33)31-12-18(17-8-14(23)10-28-22(17)31)20(26)30-21(19(24)9-25)29-15-6-7-27-11-15/h2-5,8,10,12,15,27,29H,6-7,9,11H2,1H3,(H2,26,30)/b21-19+. The number of nitrogens with two attached hydrogens (primary N) is 1. The van der Waals surface area contributed by atoms with Crippen LogP contribution in [-0.2, 0) is 10.0 Å². The summed E-state index contributed by atoms with van der Waals surface area (Å²) < 4.78 is 42.6. The number of fused-ring (bicyclic) bond motifs is 1. The normalized spacial score (nSPS) is 17.8. The second-order valence-corrected chi connectivity index (χ2v) is 10.9. The van der Waals surface area contributed by atoms with Gasteiger partial charge in [0.15, 0.2) is 17.3 Å². The molecule has 12 heteroatoms. The van der Waals surface area contributed by atoms with E-state index in [1.807, 2.05) is 29.5 Å². The fourth-order valence-corrected chi connectivity index (χ4v) is 5.50. The summed E-state index contributed by atoms with van der Waals surface area (Å²) in [5, 5.41) is 7.00. The van der Waals surface area contributed by atoms with Crippen LogP contribution in [0.2, 0.25) is 5.02 Å². The molecule has 3 heterocycles. The van der Waals surface area contributed by atoms with Crippen LogP contribution in [0.3, 0.4) is 0 Å². The highest BCUT2D eigenvalue weighted by Gasteiger charge is 2.24. The Balaban J connectivity index is 1.84. The van der Waals surface area contributed by atoms with Crippen molar-refractivity contribution in [3.05, 3.63) is 70.5 Å². The van der Waals surface area contributed by atoms with E-state index in [0.29, 0.717) is 17.0 Å². The molecule has 4 rings (SSSR count). The molecule has 1 fully saturated rings. The molecule has 1 aliphatic heterocycles. The Kier molecular flexibility index (Phi) is 7.45. The number of amidine groups is 1.